The lowest BCUT2D eigenvalue weighted by atomic mass is 10.1. The Balaban J connectivity index is 0.00000131. The average molecular weight is 407 g/mol. The third kappa shape index (κ3) is 4.97. The van der Waals surface area contributed by atoms with Gasteiger partial charge >= 0.3 is 0 Å². The highest BCUT2D eigenvalue weighted by atomic mass is 35.5. The molecule has 1 aliphatic heterocycles. The van der Waals surface area contributed by atoms with E-state index in [4.69, 9.17) is 0 Å². The number of para-hydroxylation sites is 1. The van der Waals surface area contributed by atoms with E-state index in [0.717, 1.165) is 48.8 Å². The first-order valence-electron chi connectivity index (χ1n) is 8.69. The molecule has 1 aromatic carbocycles. The summed E-state index contributed by atoms with van der Waals surface area (Å²) in [5.74, 6) is 1.78. The van der Waals surface area contributed by atoms with Crippen LogP contribution >= 0.6 is 24.8 Å². The van der Waals surface area contributed by atoms with Gasteiger partial charge in [-0.2, -0.15) is 5.10 Å². The highest BCUT2D eigenvalue weighted by Gasteiger charge is 2.15. The highest BCUT2D eigenvalue weighted by Crippen LogP contribution is 2.20. The lowest BCUT2D eigenvalue weighted by molar-refractivity contribution is 0.708. The number of aryl methyl sites for hydroxylation is 1. The zero-order valence-corrected chi connectivity index (χ0v) is 16.8. The second kappa shape index (κ2) is 9.69. The van der Waals surface area contributed by atoms with Gasteiger partial charge in [-0.1, -0.05) is 18.2 Å². The van der Waals surface area contributed by atoms with Crippen LogP contribution in [0.2, 0.25) is 0 Å². The Bertz CT molecular complexity index is 866. The van der Waals surface area contributed by atoms with Gasteiger partial charge in [0.25, 0.3) is 0 Å². The molecule has 0 saturated carbocycles. The maximum atomic E-state index is 4.63. The average Bonchev–Trinajstić information content (AvgIpc) is 2.98. The van der Waals surface area contributed by atoms with Gasteiger partial charge in [0.05, 0.1) is 17.6 Å². The van der Waals surface area contributed by atoms with Crippen LogP contribution in [-0.4, -0.2) is 32.8 Å². The van der Waals surface area contributed by atoms with E-state index in [1.54, 1.807) is 0 Å². The van der Waals surface area contributed by atoms with Gasteiger partial charge < -0.3 is 10.6 Å². The minimum Gasteiger partial charge on any atom is -0.366 e. The van der Waals surface area contributed by atoms with Crippen LogP contribution in [0.25, 0.3) is 5.69 Å². The number of nitrogens with one attached hydrogen (secondary N) is 2. The molecule has 3 aromatic rings. The van der Waals surface area contributed by atoms with E-state index in [-0.39, 0.29) is 24.8 Å². The first-order chi connectivity index (χ1) is 12.3. The van der Waals surface area contributed by atoms with Crippen LogP contribution in [0.3, 0.4) is 0 Å². The number of hydrogen-bond donors (Lipinski definition) is 2. The Morgan fingerprint density at radius 1 is 1.07 bits per heavy atom. The van der Waals surface area contributed by atoms with Crippen LogP contribution in [-0.2, 0) is 19.4 Å². The zero-order chi connectivity index (χ0) is 17.1. The first kappa shape index (κ1) is 21.2. The highest BCUT2D eigenvalue weighted by molar-refractivity contribution is 5.85. The maximum Gasteiger partial charge on any atom is 0.133 e. The van der Waals surface area contributed by atoms with Gasteiger partial charge in [0, 0.05) is 36.8 Å². The fourth-order valence-corrected chi connectivity index (χ4v) is 3.17. The van der Waals surface area contributed by atoms with Gasteiger partial charge in [0.1, 0.15) is 11.6 Å². The molecule has 3 heterocycles. The fraction of sp³-hybridized carbons (Fsp3) is 0.316. The Kier molecular flexibility index (Phi) is 7.59. The lowest BCUT2D eigenvalue weighted by Gasteiger charge is -2.13. The molecule has 8 heteroatoms. The molecule has 0 radical (unpaired) electrons. The standard InChI is InChI=1S/C19H22N6.2ClH/c1-14-23-18-8-10-20-9-7-17(18)19(24-14)21-11-15-12-22-25(13-15)16-5-3-2-4-6-16;;/h2-6,12-13,20H,7-11H2,1H3,(H,21,23,24);2*1H. The van der Waals surface area contributed by atoms with E-state index in [2.05, 4.69) is 31.9 Å². The molecule has 4 rings (SSSR count). The van der Waals surface area contributed by atoms with Crippen LogP contribution in [0.4, 0.5) is 5.82 Å². The van der Waals surface area contributed by atoms with Crippen LogP contribution in [0, 0.1) is 6.92 Å². The summed E-state index contributed by atoms with van der Waals surface area (Å²) in [7, 11) is 0. The maximum absolute atomic E-state index is 4.63. The van der Waals surface area contributed by atoms with Gasteiger partial charge in [0.15, 0.2) is 0 Å². The van der Waals surface area contributed by atoms with Gasteiger partial charge in [-0.15, -0.1) is 24.8 Å². The number of aromatic nitrogens is 4. The molecule has 0 saturated heterocycles. The molecule has 2 N–H and O–H groups in total. The van der Waals surface area contributed by atoms with E-state index >= 15 is 0 Å². The summed E-state index contributed by atoms with van der Waals surface area (Å²) >= 11 is 0. The van der Waals surface area contributed by atoms with E-state index < -0.39 is 0 Å². The summed E-state index contributed by atoms with van der Waals surface area (Å²) in [6.07, 6.45) is 5.87. The number of benzene rings is 1. The van der Waals surface area contributed by atoms with Crippen molar-refractivity contribution in [2.45, 2.75) is 26.3 Å². The molecule has 1 aliphatic rings. The van der Waals surface area contributed by atoms with E-state index in [1.165, 1.54) is 11.3 Å². The Labute approximate surface area is 171 Å². The molecule has 0 bridgehead atoms. The molecule has 0 spiro atoms. The number of fused-ring (bicyclic) bond motifs is 1. The predicted molar refractivity (Wildman–Crippen MR) is 112 cm³/mol. The summed E-state index contributed by atoms with van der Waals surface area (Å²) in [5, 5.41) is 11.4. The van der Waals surface area contributed by atoms with Crippen molar-refractivity contribution in [2.75, 3.05) is 18.4 Å². The second-order valence-corrected chi connectivity index (χ2v) is 6.28. The SMILES string of the molecule is Cc1nc2c(c(NCc3cnn(-c4ccccc4)c3)n1)CCNCC2.Cl.Cl. The normalized spacial score (nSPS) is 12.9. The van der Waals surface area contributed by atoms with Gasteiger partial charge in [-0.25, -0.2) is 14.6 Å². The summed E-state index contributed by atoms with van der Waals surface area (Å²) in [5.41, 5.74) is 4.60. The van der Waals surface area contributed by atoms with E-state index in [9.17, 15) is 0 Å². The summed E-state index contributed by atoms with van der Waals surface area (Å²) in [6.45, 7) is 4.60. The molecule has 2 aromatic heterocycles. The van der Waals surface area contributed by atoms with Crippen LogP contribution in [0.5, 0.6) is 0 Å². The molecule has 27 heavy (non-hydrogen) atoms. The largest absolute Gasteiger partial charge is 0.366 e. The number of halogens is 2. The molecule has 6 nitrogen and oxygen atoms in total. The predicted octanol–water partition coefficient (Wildman–Crippen LogP) is 3.11. The zero-order valence-electron chi connectivity index (χ0n) is 15.2. The summed E-state index contributed by atoms with van der Waals surface area (Å²) < 4.78 is 1.90. The van der Waals surface area contributed by atoms with Crippen molar-refractivity contribution in [3.8, 4) is 5.69 Å². The minimum atomic E-state index is 0. The second-order valence-electron chi connectivity index (χ2n) is 6.28. The number of anilines is 1. The van der Waals surface area contributed by atoms with Crippen LogP contribution < -0.4 is 10.6 Å². The van der Waals surface area contributed by atoms with Crippen molar-refractivity contribution in [3.63, 3.8) is 0 Å². The number of hydrogen-bond acceptors (Lipinski definition) is 5. The van der Waals surface area contributed by atoms with Gasteiger partial charge in [-0.3, -0.25) is 0 Å². The topological polar surface area (TPSA) is 67.7 Å². The molecular formula is C19H24Cl2N6. The third-order valence-corrected chi connectivity index (χ3v) is 4.41. The Morgan fingerprint density at radius 3 is 2.67 bits per heavy atom. The van der Waals surface area contributed by atoms with E-state index in [1.807, 2.05) is 48.1 Å². The quantitative estimate of drug-likeness (QED) is 0.696. The summed E-state index contributed by atoms with van der Waals surface area (Å²) in [6, 6.07) is 10.1. The van der Waals surface area contributed by atoms with Crippen molar-refractivity contribution in [1.29, 1.82) is 0 Å². The van der Waals surface area contributed by atoms with Crippen molar-refractivity contribution in [3.05, 3.63) is 65.4 Å². The molecule has 0 amide bonds. The van der Waals surface area contributed by atoms with Crippen LogP contribution in [0.15, 0.2) is 42.7 Å². The third-order valence-electron chi connectivity index (χ3n) is 4.41. The molecule has 0 unspecified atom stereocenters. The van der Waals surface area contributed by atoms with Gasteiger partial charge in [-0.05, 0) is 32.0 Å². The molecule has 0 fully saturated rings. The fourth-order valence-electron chi connectivity index (χ4n) is 3.17. The minimum absolute atomic E-state index is 0. The lowest BCUT2D eigenvalue weighted by Crippen LogP contribution is -2.16. The van der Waals surface area contributed by atoms with Crippen LogP contribution in [0.1, 0.15) is 22.6 Å². The number of nitrogens with zero attached hydrogens (tertiary/aromatic N) is 4. The Morgan fingerprint density at radius 2 is 1.85 bits per heavy atom. The smallest absolute Gasteiger partial charge is 0.133 e. The first-order valence-corrected chi connectivity index (χ1v) is 8.69. The monoisotopic (exact) mass is 406 g/mol. The Hall–Kier alpha value is -2.15. The molecule has 144 valence electrons. The van der Waals surface area contributed by atoms with E-state index in [0.29, 0.717) is 6.54 Å². The van der Waals surface area contributed by atoms with Crippen molar-refractivity contribution in [2.24, 2.45) is 0 Å². The number of rotatable bonds is 4. The molecule has 0 aliphatic carbocycles. The summed E-state index contributed by atoms with van der Waals surface area (Å²) in [4.78, 5) is 9.26. The van der Waals surface area contributed by atoms with Crippen molar-refractivity contribution < 1.29 is 0 Å². The van der Waals surface area contributed by atoms with Crippen molar-refractivity contribution >= 4 is 30.6 Å². The van der Waals surface area contributed by atoms with Crippen molar-refractivity contribution in [1.82, 2.24) is 25.1 Å². The molecule has 0 atom stereocenters. The van der Waals surface area contributed by atoms with Gasteiger partial charge in [0.2, 0.25) is 0 Å². The molecular weight excluding hydrogens is 383 g/mol.